The van der Waals surface area contributed by atoms with E-state index in [0.29, 0.717) is 0 Å². The van der Waals surface area contributed by atoms with Gasteiger partial charge in [-0.25, -0.2) is 0 Å². The maximum atomic E-state index is 9.12. The van der Waals surface area contributed by atoms with Crippen molar-refractivity contribution in [3.63, 3.8) is 0 Å². The van der Waals surface area contributed by atoms with E-state index in [1.807, 2.05) is 0 Å². The van der Waals surface area contributed by atoms with Crippen LogP contribution in [-0.4, -0.2) is 65.4 Å². The predicted molar refractivity (Wildman–Crippen MR) is 24.0 cm³/mol. The standard InChI is InChI=1S/Al.K.O2P.3H/c;;1-3-2;;;. The van der Waals surface area contributed by atoms with Gasteiger partial charge in [0, 0.05) is 0 Å². The van der Waals surface area contributed by atoms with Gasteiger partial charge in [-0.05, 0) is 0 Å². The van der Waals surface area contributed by atoms with Gasteiger partial charge < -0.3 is 0 Å². The first-order valence-electron chi connectivity index (χ1n) is 0.812. The summed E-state index contributed by atoms with van der Waals surface area (Å²) in [6, 6.07) is 0. The molecule has 0 aromatic carbocycles. The van der Waals surface area contributed by atoms with Crippen molar-refractivity contribution >= 4 is 66.2 Å². The van der Waals surface area contributed by atoms with Gasteiger partial charge in [0.2, 0.25) is 0 Å². The second kappa shape index (κ2) is 6.07. The molecular weight excluding hydrogens is 129 g/mol. The topological polar surface area (TPSA) is 34.1 Å². The Morgan fingerprint density at radius 2 is 1.40 bits per heavy atom. The molecule has 0 rings (SSSR count). The minimum atomic E-state index is -1.93. The van der Waals surface area contributed by atoms with E-state index in [9.17, 15) is 0 Å². The van der Waals surface area contributed by atoms with Crippen molar-refractivity contribution in [2.24, 2.45) is 0 Å². The van der Waals surface area contributed by atoms with Crippen LogP contribution in [0, 0.1) is 0 Å². The van der Waals surface area contributed by atoms with Gasteiger partial charge >= 0.3 is 58.0 Å². The van der Waals surface area contributed by atoms with Crippen molar-refractivity contribution in [2.75, 3.05) is 0 Å². The van der Waals surface area contributed by atoms with Gasteiger partial charge in [-0.2, -0.15) is 0 Å². The summed E-state index contributed by atoms with van der Waals surface area (Å²) in [5.74, 6) is 0. The second-order valence-electron chi connectivity index (χ2n) is 0.440. The fourth-order valence-corrected chi connectivity index (χ4v) is 0. The van der Waals surface area contributed by atoms with Gasteiger partial charge in [0.15, 0.2) is 17.4 Å². The summed E-state index contributed by atoms with van der Waals surface area (Å²) in [6.45, 7) is 0. The molecule has 5 heavy (non-hydrogen) atoms. The quantitative estimate of drug-likeness (QED) is 0.315. The predicted octanol–water partition coefficient (Wildman–Crippen LogP) is -0.941. The summed E-state index contributed by atoms with van der Waals surface area (Å²) in [5.41, 5.74) is 0. The van der Waals surface area contributed by atoms with Crippen LogP contribution in [0.1, 0.15) is 0 Å². The van der Waals surface area contributed by atoms with Gasteiger partial charge in [-0.3, -0.25) is 0 Å². The summed E-state index contributed by atoms with van der Waals surface area (Å²) in [6.07, 6.45) is 0. The third kappa shape index (κ3) is 23.5. The largest absolute Gasteiger partial charge is 0.187 e. The first-order chi connectivity index (χ1) is 1.73. The van der Waals surface area contributed by atoms with Gasteiger partial charge in [0.05, 0.1) is 0 Å². The van der Waals surface area contributed by atoms with Crippen LogP contribution in [0.2, 0.25) is 0 Å². The van der Waals surface area contributed by atoms with Crippen molar-refractivity contribution < 1.29 is 9.13 Å². The van der Waals surface area contributed by atoms with Crippen LogP contribution in [-0.2, 0) is 9.13 Å². The maximum Gasteiger partial charge on any atom is 0.187 e. The molecule has 0 amide bonds. The first kappa shape index (κ1) is 10.1. The normalized spacial score (nSPS) is 5.20. The number of rotatable bonds is 0. The molecule has 0 aromatic heterocycles. The number of hydrogen-bond donors (Lipinski definition) is 0. The molecule has 0 radical (unpaired) electrons. The summed E-state index contributed by atoms with van der Waals surface area (Å²) >= 11 is 0.0162. The van der Waals surface area contributed by atoms with E-state index in [1.165, 1.54) is 0 Å². The molecule has 0 heterocycles. The van der Waals surface area contributed by atoms with Crippen LogP contribution < -0.4 is 0 Å². The van der Waals surface area contributed by atoms with Crippen molar-refractivity contribution in [3.05, 3.63) is 0 Å². The molecule has 0 bridgehead atoms. The van der Waals surface area contributed by atoms with E-state index in [-0.39, 0.29) is 65.4 Å². The average Bonchev–Trinajstić information content (AvgIpc) is 0.811. The minimum Gasteiger partial charge on any atom is 0.187 e. The molecule has 0 unspecified atom stereocenters. The maximum absolute atomic E-state index is 9.12. The Bertz CT molecular complexity index is 58.0. The summed E-state index contributed by atoms with van der Waals surface area (Å²) in [7, 11) is 0. The van der Waals surface area contributed by atoms with Gasteiger partial charge in [0.25, 0.3) is 0 Å². The fourth-order valence-electron chi connectivity index (χ4n) is 0. The summed E-state index contributed by atoms with van der Waals surface area (Å²) < 4.78 is 16.3. The van der Waals surface area contributed by atoms with Crippen molar-refractivity contribution in [3.8, 4) is 0 Å². The van der Waals surface area contributed by atoms with Gasteiger partial charge in [-0.1, -0.05) is 0 Å². The zero-order chi connectivity index (χ0) is 3.58. The smallest absolute Gasteiger partial charge is 0.187 e. The molecule has 0 spiro atoms. The van der Waals surface area contributed by atoms with Crippen LogP contribution in [0.25, 0.3) is 0 Å². The van der Waals surface area contributed by atoms with Crippen LogP contribution in [0.5, 0.6) is 0 Å². The van der Waals surface area contributed by atoms with E-state index in [4.69, 9.17) is 9.13 Å². The van der Waals surface area contributed by atoms with Crippen LogP contribution in [0.15, 0.2) is 0 Å². The molecule has 0 fully saturated rings. The Balaban J connectivity index is 0. The zero-order valence-electron chi connectivity index (χ0n) is 2.26. The SMILES string of the molecule is O=[P](=O)[K].[AlH3]. The van der Waals surface area contributed by atoms with Gasteiger partial charge in [0.1, 0.15) is 0 Å². The minimum absolute atomic E-state index is 0. The van der Waals surface area contributed by atoms with E-state index in [0.717, 1.165) is 0 Å². The average molecular weight is 132 g/mol. The Morgan fingerprint density at radius 3 is 1.40 bits per heavy atom. The van der Waals surface area contributed by atoms with E-state index < -0.39 is 0.763 Å². The van der Waals surface area contributed by atoms with E-state index in [2.05, 4.69) is 0 Å². The monoisotopic (exact) mass is 132 g/mol. The second-order valence-corrected chi connectivity index (χ2v) is 4.74. The molecule has 0 saturated heterocycles. The third-order valence-corrected chi connectivity index (χ3v) is 0. The third-order valence-electron chi connectivity index (χ3n) is 0. The van der Waals surface area contributed by atoms with Crippen molar-refractivity contribution in [1.29, 1.82) is 0 Å². The molecule has 0 aliphatic rings. The molecule has 0 aliphatic carbocycles. The Hall–Kier alpha value is 2.07. The number of hydrogen-bond acceptors (Lipinski definition) is 2. The molecule has 0 aliphatic heterocycles. The summed E-state index contributed by atoms with van der Waals surface area (Å²) in [4.78, 5) is 0. The van der Waals surface area contributed by atoms with Crippen LogP contribution >= 0.6 is 0.763 Å². The van der Waals surface area contributed by atoms with Gasteiger partial charge in [-0.15, -0.1) is 0 Å². The van der Waals surface area contributed by atoms with E-state index in [1.54, 1.807) is 0 Å². The molecule has 0 saturated carbocycles. The van der Waals surface area contributed by atoms with Crippen molar-refractivity contribution in [2.45, 2.75) is 0 Å². The Morgan fingerprint density at radius 1 is 1.40 bits per heavy atom. The first-order valence-corrected chi connectivity index (χ1v) is 6.63. The van der Waals surface area contributed by atoms with E-state index >= 15 is 0 Å². The molecular formula is H3AlKO2P. The van der Waals surface area contributed by atoms with Crippen LogP contribution in [0.4, 0.5) is 0 Å². The van der Waals surface area contributed by atoms with Crippen molar-refractivity contribution in [1.82, 2.24) is 0 Å². The Kier molecular flexibility index (Phi) is 12.3. The Labute approximate surface area is 73.6 Å². The molecule has 0 N–H and O–H groups in total. The molecule has 0 atom stereocenters. The summed E-state index contributed by atoms with van der Waals surface area (Å²) in [5, 5.41) is 0. The molecule has 5 heteroatoms. The molecule has 0 aromatic rings. The fraction of sp³-hybridized carbons (Fsp3) is 0. The van der Waals surface area contributed by atoms with Crippen LogP contribution in [0.3, 0.4) is 0 Å². The zero-order valence-corrected chi connectivity index (χ0v) is 6.28. The molecule has 2 nitrogen and oxygen atoms in total. The molecule has 24 valence electrons.